The van der Waals surface area contributed by atoms with Gasteiger partial charge in [0, 0.05) is 0 Å². The molecule has 4 fully saturated rings. The van der Waals surface area contributed by atoms with Crippen LogP contribution in [-0.2, 0) is 0 Å². The van der Waals surface area contributed by atoms with Gasteiger partial charge in [-0.25, -0.2) is 0 Å². The molecule has 0 nitrogen and oxygen atoms in total. The maximum atomic E-state index is 2.35. The molecule has 0 heterocycles. The molecule has 4 aliphatic rings. The fourth-order valence-electron chi connectivity index (χ4n) is 10.2. The molecule has 0 bridgehead atoms. The number of unbranched alkanes of at least 4 members (excludes halogenated alkanes) is 6. The summed E-state index contributed by atoms with van der Waals surface area (Å²) in [5.74, 6) is 6.50. The van der Waals surface area contributed by atoms with Gasteiger partial charge in [0.05, 0.1) is 0 Å². The fourth-order valence-corrected chi connectivity index (χ4v) is 10.2. The van der Waals surface area contributed by atoms with Crippen LogP contribution in [0.2, 0.25) is 0 Å². The van der Waals surface area contributed by atoms with E-state index in [0.29, 0.717) is 0 Å². The maximum Gasteiger partial charge on any atom is -0.0292 e. The Bertz CT molecular complexity index is 539. The van der Waals surface area contributed by atoms with Gasteiger partial charge in [-0.15, -0.1) is 0 Å². The van der Waals surface area contributed by atoms with E-state index in [1.165, 1.54) is 70.6 Å². The van der Waals surface area contributed by atoms with Crippen molar-refractivity contribution in [1.82, 2.24) is 0 Å². The summed E-state index contributed by atoms with van der Waals surface area (Å²) in [6, 6.07) is 0. The van der Waals surface area contributed by atoms with Crippen LogP contribution >= 0.6 is 0 Å². The zero-order valence-electron chi connectivity index (χ0n) is 26.5. The van der Waals surface area contributed by atoms with E-state index in [4.69, 9.17) is 0 Å². The molecule has 0 radical (unpaired) electrons. The summed E-state index contributed by atoms with van der Waals surface area (Å²) in [6.07, 6.45) is 44.8. The molecule has 0 atom stereocenters. The highest BCUT2D eigenvalue weighted by Gasteiger charge is 2.41. The lowest BCUT2D eigenvalue weighted by Crippen LogP contribution is -2.36. The zero-order valence-corrected chi connectivity index (χ0v) is 26.5. The van der Waals surface area contributed by atoms with Crippen molar-refractivity contribution in [1.29, 1.82) is 0 Å². The van der Waals surface area contributed by atoms with Crippen LogP contribution in [-0.4, -0.2) is 0 Å². The normalized spacial score (nSPS) is 35.4. The zero-order chi connectivity index (χ0) is 26.5. The van der Waals surface area contributed by atoms with Gasteiger partial charge in [-0.3, -0.25) is 0 Å². The smallest absolute Gasteiger partial charge is 0.0292 e. The fraction of sp³-hybridized carbons (Fsp3) is 1.00. The first kappa shape index (κ1) is 30.9. The number of hydrogen-bond donors (Lipinski definition) is 0. The first-order valence-electron chi connectivity index (χ1n) is 18.7. The minimum Gasteiger partial charge on any atom is -0.0654 e. The molecule has 0 saturated heterocycles. The van der Waals surface area contributed by atoms with Crippen LogP contribution in [0.4, 0.5) is 0 Å². The summed E-state index contributed by atoms with van der Waals surface area (Å²) in [5.41, 5.74) is 0.739. The minimum atomic E-state index is 0.739. The Kier molecular flexibility index (Phi) is 13.9. The number of hydrogen-bond acceptors (Lipinski definition) is 0. The summed E-state index contributed by atoms with van der Waals surface area (Å²) >= 11 is 0. The van der Waals surface area contributed by atoms with E-state index in [9.17, 15) is 0 Å². The van der Waals surface area contributed by atoms with E-state index in [1.807, 2.05) is 0 Å². The molecular formula is C38H70. The van der Waals surface area contributed by atoms with Crippen LogP contribution in [0.1, 0.15) is 200 Å². The molecule has 0 heteroatoms. The molecule has 0 spiro atoms. The molecule has 0 unspecified atom stereocenters. The lowest BCUT2D eigenvalue weighted by molar-refractivity contribution is 0.0376. The monoisotopic (exact) mass is 527 g/mol. The lowest BCUT2D eigenvalue weighted by Gasteiger charge is -2.48. The Labute approximate surface area is 240 Å². The van der Waals surface area contributed by atoms with E-state index >= 15 is 0 Å². The second-order valence-corrected chi connectivity index (χ2v) is 15.6. The molecular weight excluding hydrogens is 456 g/mol. The van der Waals surface area contributed by atoms with Gasteiger partial charge in [-0.1, -0.05) is 162 Å². The average Bonchev–Trinajstić information content (AvgIpc) is 2.96. The number of rotatable bonds is 15. The second-order valence-electron chi connectivity index (χ2n) is 15.6. The van der Waals surface area contributed by atoms with Crippen LogP contribution in [0, 0.1) is 40.9 Å². The summed E-state index contributed by atoms with van der Waals surface area (Å²) < 4.78 is 0. The molecule has 4 aliphatic carbocycles. The molecule has 4 saturated carbocycles. The third-order valence-electron chi connectivity index (χ3n) is 12.7. The Morgan fingerprint density at radius 2 is 0.842 bits per heavy atom. The highest BCUT2D eigenvalue weighted by Crippen LogP contribution is 2.54. The highest BCUT2D eigenvalue weighted by molar-refractivity contribution is 4.93. The van der Waals surface area contributed by atoms with Crippen LogP contribution < -0.4 is 0 Å². The van der Waals surface area contributed by atoms with Crippen LogP contribution in [0.5, 0.6) is 0 Å². The molecule has 0 aliphatic heterocycles. The van der Waals surface area contributed by atoms with Crippen molar-refractivity contribution < 1.29 is 0 Å². The minimum absolute atomic E-state index is 0.739. The van der Waals surface area contributed by atoms with E-state index in [-0.39, 0.29) is 0 Å². The van der Waals surface area contributed by atoms with E-state index in [2.05, 4.69) is 13.8 Å². The van der Waals surface area contributed by atoms with Crippen molar-refractivity contribution in [2.24, 2.45) is 40.9 Å². The van der Waals surface area contributed by atoms with Crippen LogP contribution in [0.25, 0.3) is 0 Å². The summed E-state index contributed by atoms with van der Waals surface area (Å²) in [6.45, 7) is 4.70. The lowest BCUT2D eigenvalue weighted by atomic mass is 9.58. The van der Waals surface area contributed by atoms with Gasteiger partial charge >= 0.3 is 0 Å². The summed E-state index contributed by atoms with van der Waals surface area (Å²) in [5, 5.41) is 0. The first-order valence-corrected chi connectivity index (χ1v) is 18.7. The predicted octanol–water partition coefficient (Wildman–Crippen LogP) is 13.1. The molecule has 0 aromatic rings. The molecule has 4 rings (SSSR count). The van der Waals surface area contributed by atoms with Gasteiger partial charge in [0.2, 0.25) is 0 Å². The average molecular weight is 527 g/mol. The Morgan fingerprint density at radius 1 is 0.421 bits per heavy atom. The maximum absolute atomic E-state index is 2.35. The van der Waals surface area contributed by atoms with Gasteiger partial charge in [0.15, 0.2) is 0 Å². The highest BCUT2D eigenvalue weighted by atomic mass is 14.5. The van der Waals surface area contributed by atoms with E-state index < -0.39 is 0 Å². The van der Waals surface area contributed by atoms with Gasteiger partial charge in [0.25, 0.3) is 0 Å². The third-order valence-corrected chi connectivity index (χ3v) is 12.7. The standard InChI is InChI=1S/C38H70/c1-3-5-7-10-14-32-18-22-34(23-19-32)30-38(28-26-37(27-29-38)36-16-12-9-13-17-36)31-35-24-20-33(21-25-35)15-11-8-6-4-2/h32-37H,3-31H2,1-2H3. The van der Waals surface area contributed by atoms with Crippen LogP contribution in [0.3, 0.4) is 0 Å². The molecule has 38 heavy (non-hydrogen) atoms. The van der Waals surface area contributed by atoms with Crippen molar-refractivity contribution in [2.75, 3.05) is 0 Å². The molecule has 0 amide bonds. The topological polar surface area (TPSA) is 0 Å². The van der Waals surface area contributed by atoms with Crippen molar-refractivity contribution in [2.45, 2.75) is 200 Å². The molecule has 0 N–H and O–H groups in total. The summed E-state index contributed by atoms with van der Waals surface area (Å²) in [4.78, 5) is 0. The van der Waals surface area contributed by atoms with Gasteiger partial charge in [-0.2, -0.15) is 0 Å². The SMILES string of the molecule is CCCCCCC1CCC(CC2(CC3CCC(CCCCCC)CC3)CCC(C3CCCCC3)CC2)CC1. The van der Waals surface area contributed by atoms with Gasteiger partial charge < -0.3 is 0 Å². The molecule has 222 valence electrons. The third kappa shape index (κ3) is 10.1. The predicted molar refractivity (Wildman–Crippen MR) is 169 cm³/mol. The quantitative estimate of drug-likeness (QED) is 0.186. The Morgan fingerprint density at radius 3 is 1.29 bits per heavy atom. The second kappa shape index (κ2) is 17.1. The van der Waals surface area contributed by atoms with Gasteiger partial charge in [0.1, 0.15) is 0 Å². The van der Waals surface area contributed by atoms with Crippen LogP contribution in [0.15, 0.2) is 0 Å². The van der Waals surface area contributed by atoms with Gasteiger partial charge in [-0.05, 0) is 79.4 Å². The largest absolute Gasteiger partial charge is 0.0654 e. The van der Waals surface area contributed by atoms with Crippen molar-refractivity contribution >= 4 is 0 Å². The first-order chi connectivity index (χ1) is 18.7. The Hall–Kier alpha value is 0. The van der Waals surface area contributed by atoms with E-state index in [0.717, 1.165) is 40.9 Å². The van der Waals surface area contributed by atoms with Crippen molar-refractivity contribution in [3.8, 4) is 0 Å². The van der Waals surface area contributed by atoms with Crippen molar-refractivity contribution in [3.05, 3.63) is 0 Å². The molecule has 0 aromatic heterocycles. The molecule has 0 aromatic carbocycles. The van der Waals surface area contributed by atoms with E-state index in [1.54, 1.807) is 116 Å². The summed E-state index contributed by atoms with van der Waals surface area (Å²) in [7, 11) is 0. The van der Waals surface area contributed by atoms with Crippen molar-refractivity contribution in [3.63, 3.8) is 0 Å². The Balaban J connectivity index is 1.26.